The van der Waals surface area contributed by atoms with E-state index in [0.717, 1.165) is 44.6 Å². The van der Waals surface area contributed by atoms with Crippen LogP contribution in [0.25, 0.3) is 0 Å². The fourth-order valence-electron chi connectivity index (χ4n) is 5.16. The minimum Gasteiger partial charge on any atom is -0.376 e. The van der Waals surface area contributed by atoms with Crippen molar-refractivity contribution in [2.45, 2.75) is 43.9 Å². The van der Waals surface area contributed by atoms with Crippen LogP contribution in [0.4, 0.5) is 0 Å². The molecule has 9 heteroatoms. The minimum atomic E-state index is -3.67. The molecular formula is C26H32N4O4S. The fourth-order valence-corrected chi connectivity index (χ4v) is 6.39. The molecule has 0 spiro atoms. The number of fused-ring (bicyclic) bond motifs is 1. The van der Waals surface area contributed by atoms with Gasteiger partial charge in [0.2, 0.25) is 5.91 Å². The molecule has 2 fully saturated rings. The van der Waals surface area contributed by atoms with E-state index in [1.165, 1.54) is 5.56 Å². The molecule has 3 heterocycles. The number of rotatable bonds is 5. The Labute approximate surface area is 207 Å². The molecule has 0 aliphatic carbocycles. The van der Waals surface area contributed by atoms with Gasteiger partial charge >= 0.3 is 0 Å². The average molecular weight is 497 g/mol. The van der Waals surface area contributed by atoms with E-state index in [4.69, 9.17) is 4.74 Å². The summed E-state index contributed by atoms with van der Waals surface area (Å²) in [4.78, 5) is 17.6. The lowest BCUT2D eigenvalue weighted by Crippen LogP contribution is -2.45. The van der Waals surface area contributed by atoms with Crippen molar-refractivity contribution in [3.63, 3.8) is 0 Å². The predicted molar refractivity (Wildman–Crippen MR) is 133 cm³/mol. The Kier molecular flexibility index (Phi) is 6.91. The maximum atomic E-state index is 13.0. The van der Waals surface area contributed by atoms with E-state index >= 15 is 0 Å². The van der Waals surface area contributed by atoms with Crippen LogP contribution in [0.2, 0.25) is 0 Å². The van der Waals surface area contributed by atoms with Gasteiger partial charge in [-0.1, -0.05) is 36.4 Å². The first kappa shape index (κ1) is 24.0. The SMILES string of the molecule is CC1CN(Cc2cccc(CNC(=O)C3CCCN(C4=NS(=O)(=O)c5ccccc54)C3)c2)CCO1. The van der Waals surface area contributed by atoms with Crippen LogP contribution in [0.15, 0.2) is 57.8 Å². The molecule has 2 saturated heterocycles. The maximum Gasteiger partial charge on any atom is 0.285 e. The molecular weight excluding hydrogens is 464 g/mol. The number of likely N-dealkylation sites (tertiary alicyclic amines) is 1. The number of morpholine rings is 1. The smallest absolute Gasteiger partial charge is 0.285 e. The van der Waals surface area contributed by atoms with Crippen LogP contribution in [0.1, 0.15) is 36.5 Å². The van der Waals surface area contributed by atoms with Gasteiger partial charge in [0, 0.05) is 44.8 Å². The Morgan fingerprint density at radius 1 is 1.11 bits per heavy atom. The number of nitrogens with one attached hydrogen (secondary N) is 1. The molecule has 5 rings (SSSR count). The Hall–Kier alpha value is -2.75. The van der Waals surface area contributed by atoms with Gasteiger partial charge in [-0.05, 0) is 43.0 Å². The van der Waals surface area contributed by atoms with Crippen molar-refractivity contribution in [1.29, 1.82) is 0 Å². The predicted octanol–water partition coefficient (Wildman–Crippen LogP) is 2.38. The van der Waals surface area contributed by atoms with E-state index in [0.29, 0.717) is 31.0 Å². The minimum absolute atomic E-state index is 0.00292. The van der Waals surface area contributed by atoms with Gasteiger partial charge in [-0.15, -0.1) is 4.40 Å². The van der Waals surface area contributed by atoms with Crippen molar-refractivity contribution in [2.75, 3.05) is 32.8 Å². The highest BCUT2D eigenvalue weighted by atomic mass is 32.2. The first-order valence-electron chi connectivity index (χ1n) is 12.3. The molecule has 0 saturated carbocycles. The zero-order valence-electron chi connectivity index (χ0n) is 20.0. The largest absolute Gasteiger partial charge is 0.376 e. The summed E-state index contributed by atoms with van der Waals surface area (Å²) in [7, 11) is -3.67. The molecule has 0 bridgehead atoms. The number of carbonyl (C=O) groups is 1. The van der Waals surface area contributed by atoms with Crippen molar-refractivity contribution < 1.29 is 17.9 Å². The molecule has 2 atom stereocenters. The molecule has 3 aliphatic rings. The molecule has 35 heavy (non-hydrogen) atoms. The summed E-state index contributed by atoms with van der Waals surface area (Å²) in [6, 6.07) is 15.2. The third-order valence-electron chi connectivity index (χ3n) is 6.89. The number of amides is 1. The number of amidine groups is 1. The Morgan fingerprint density at radius 2 is 1.94 bits per heavy atom. The second kappa shape index (κ2) is 10.1. The van der Waals surface area contributed by atoms with Gasteiger partial charge in [-0.25, -0.2) is 0 Å². The highest BCUT2D eigenvalue weighted by molar-refractivity contribution is 7.90. The van der Waals surface area contributed by atoms with E-state index in [1.807, 2.05) is 23.1 Å². The van der Waals surface area contributed by atoms with Crippen LogP contribution in [-0.2, 0) is 32.6 Å². The van der Waals surface area contributed by atoms with Crippen LogP contribution in [-0.4, -0.2) is 68.9 Å². The highest BCUT2D eigenvalue weighted by Crippen LogP contribution is 2.29. The summed E-state index contributed by atoms with van der Waals surface area (Å²) in [6.07, 6.45) is 1.84. The second-order valence-electron chi connectivity index (χ2n) is 9.63. The lowest BCUT2D eigenvalue weighted by Gasteiger charge is -2.33. The number of benzene rings is 2. The number of ether oxygens (including phenoxy) is 1. The summed E-state index contributed by atoms with van der Waals surface area (Å²) in [5.41, 5.74) is 2.93. The third-order valence-corrected chi connectivity index (χ3v) is 8.22. The fraction of sp³-hybridized carbons (Fsp3) is 0.462. The zero-order valence-corrected chi connectivity index (χ0v) is 20.8. The average Bonchev–Trinajstić information content (AvgIpc) is 3.14. The molecule has 1 N–H and O–H groups in total. The van der Waals surface area contributed by atoms with E-state index in [1.54, 1.807) is 18.2 Å². The van der Waals surface area contributed by atoms with Crippen molar-refractivity contribution in [3.05, 3.63) is 65.2 Å². The summed E-state index contributed by atoms with van der Waals surface area (Å²) in [6.45, 7) is 7.22. The number of sulfonamides is 1. The topological polar surface area (TPSA) is 91.3 Å². The molecule has 2 aromatic carbocycles. The zero-order chi connectivity index (χ0) is 24.4. The normalized spacial score (nSPS) is 24.0. The van der Waals surface area contributed by atoms with E-state index < -0.39 is 10.0 Å². The lowest BCUT2D eigenvalue weighted by atomic mass is 9.96. The van der Waals surface area contributed by atoms with Crippen LogP contribution in [0, 0.1) is 5.92 Å². The van der Waals surface area contributed by atoms with Gasteiger partial charge in [0.05, 0.1) is 18.6 Å². The highest BCUT2D eigenvalue weighted by Gasteiger charge is 2.35. The van der Waals surface area contributed by atoms with Crippen LogP contribution in [0.3, 0.4) is 0 Å². The van der Waals surface area contributed by atoms with Gasteiger partial charge < -0.3 is 15.0 Å². The quantitative estimate of drug-likeness (QED) is 0.684. The van der Waals surface area contributed by atoms with Gasteiger partial charge in [-0.3, -0.25) is 9.69 Å². The van der Waals surface area contributed by atoms with Gasteiger partial charge in [0.25, 0.3) is 10.0 Å². The molecule has 2 aromatic rings. The van der Waals surface area contributed by atoms with Gasteiger partial charge in [0.15, 0.2) is 5.84 Å². The number of nitrogens with zero attached hydrogens (tertiary/aromatic N) is 3. The Balaban J connectivity index is 1.19. The van der Waals surface area contributed by atoms with Crippen LogP contribution in [0.5, 0.6) is 0 Å². The monoisotopic (exact) mass is 496 g/mol. The number of piperidine rings is 1. The Morgan fingerprint density at radius 3 is 2.80 bits per heavy atom. The molecule has 0 radical (unpaired) electrons. The van der Waals surface area contributed by atoms with Crippen molar-refractivity contribution >= 4 is 21.8 Å². The first-order valence-corrected chi connectivity index (χ1v) is 13.7. The van der Waals surface area contributed by atoms with Crippen molar-refractivity contribution in [1.82, 2.24) is 15.1 Å². The second-order valence-corrected chi connectivity index (χ2v) is 11.2. The van der Waals surface area contributed by atoms with Crippen LogP contribution >= 0.6 is 0 Å². The lowest BCUT2D eigenvalue weighted by molar-refractivity contribution is -0.126. The molecule has 8 nitrogen and oxygen atoms in total. The Bertz CT molecular complexity index is 1230. The molecule has 1 amide bonds. The van der Waals surface area contributed by atoms with Gasteiger partial charge in [-0.2, -0.15) is 8.42 Å². The first-order chi connectivity index (χ1) is 16.9. The van der Waals surface area contributed by atoms with Crippen molar-refractivity contribution in [2.24, 2.45) is 10.3 Å². The number of carbonyl (C=O) groups excluding carboxylic acids is 1. The summed E-state index contributed by atoms with van der Waals surface area (Å²) in [5, 5.41) is 3.10. The maximum absolute atomic E-state index is 13.0. The van der Waals surface area contributed by atoms with E-state index in [9.17, 15) is 13.2 Å². The summed E-state index contributed by atoms with van der Waals surface area (Å²) < 4.78 is 34.6. The number of hydrogen-bond acceptors (Lipinski definition) is 6. The summed E-state index contributed by atoms with van der Waals surface area (Å²) in [5.74, 6) is 0.250. The van der Waals surface area contributed by atoms with Crippen molar-refractivity contribution in [3.8, 4) is 0 Å². The summed E-state index contributed by atoms with van der Waals surface area (Å²) >= 11 is 0. The molecule has 186 valence electrons. The number of hydrogen-bond donors (Lipinski definition) is 1. The van der Waals surface area contributed by atoms with E-state index in [-0.39, 0.29) is 22.8 Å². The molecule has 0 aromatic heterocycles. The van der Waals surface area contributed by atoms with Crippen LogP contribution < -0.4 is 5.32 Å². The van der Waals surface area contributed by atoms with E-state index in [2.05, 4.69) is 33.7 Å². The third kappa shape index (κ3) is 5.42. The molecule has 2 unspecified atom stereocenters. The molecule has 3 aliphatic heterocycles. The standard InChI is InChI=1S/C26H32N4O4S/c1-19-16-29(12-13-34-19)17-21-7-4-6-20(14-21)15-27-26(31)22-8-5-11-30(18-22)25-23-9-2-3-10-24(23)35(32,33)28-25/h2-4,6-7,9-10,14,19,22H,5,8,11-13,15-18H2,1H3,(H,27,31). The van der Waals surface area contributed by atoms with Gasteiger partial charge in [0.1, 0.15) is 4.90 Å².